The van der Waals surface area contributed by atoms with Crippen LogP contribution in [0.1, 0.15) is 29.5 Å². The molecule has 120 valence electrons. The van der Waals surface area contributed by atoms with Gasteiger partial charge >= 0.3 is 0 Å². The monoisotopic (exact) mass is 308 g/mol. The number of nitrogens with zero attached hydrogens (tertiary/aromatic N) is 1. The van der Waals surface area contributed by atoms with E-state index in [0.717, 1.165) is 12.1 Å². The van der Waals surface area contributed by atoms with Gasteiger partial charge in [-0.3, -0.25) is 9.69 Å². The fourth-order valence-corrected chi connectivity index (χ4v) is 3.08. The first kappa shape index (κ1) is 15.8. The molecule has 3 heteroatoms. The molecular formula is C20H24N2O. The molecule has 0 unspecified atom stereocenters. The minimum absolute atomic E-state index is 0.0705. The van der Waals surface area contributed by atoms with Gasteiger partial charge in [0.1, 0.15) is 0 Å². The number of amides is 1. The first-order valence-corrected chi connectivity index (χ1v) is 8.40. The van der Waals surface area contributed by atoms with Gasteiger partial charge in [0, 0.05) is 13.1 Å². The summed E-state index contributed by atoms with van der Waals surface area (Å²) in [6.07, 6.45) is 3.07. The first-order valence-electron chi connectivity index (χ1n) is 8.40. The van der Waals surface area contributed by atoms with Crippen LogP contribution in [0.3, 0.4) is 0 Å². The summed E-state index contributed by atoms with van der Waals surface area (Å²) in [5, 5.41) is 3.02. The van der Waals surface area contributed by atoms with Gasteiger partial charge in [0.2, 0.25) is 5.91 Å². The van der Waals surface area contributed by atoms with Gasteiger partial charge in [-0.15, -0.1) is 0 Å². The van der Waals surface area contributed by atoms with E-state index in [1.54, 1.807) is 0 Å². The van der Waals surface area contributed by atoms with E-state index >= 15 is 0 Å². The maximum absolute atomic E-state index is 12.0. The number of carbonyl (C=O) groups excluding carboxylic acids is 1. The minimum Gasteiger partial charge on any atom is -0.352 e. The van der Waals surface area contributed by atoms with Gasteiger partial charge in [-0.25, -0.2) is 0 Å². The highest BCUT2D eigenvalue weighted by Gasteiger charge is 2.11. The Labute approximate surface area is 138 Å². The van der Waals surface area contributed by atoms with Crippen molar-refractivity contribution >= 4 is 5.91 Å². The molecule has 1 aliphatic heterocycles. The van der Waals surface area contributed by atoms with E-state index < -0.39 is 0 Å². The molecule has 0 spiro atoms. The van der Waals surface area contributed by atoms with Gasteiger partial charge in [-0.05, 0) is 42.6 Å². The highest BCUT2D eigenvalue weighted by Crippen LogP contribution is 2.14. The molecular weight excluding hydrogens is 284 g/mol. The lowest BCUT2D eigenvalue weighted by molar-refractivity contribution is -0.120. The lowest BCUT2D eigenvalue weighted by Crippen LogP contribution is -2.24. The predicted octanol–water partition coefficient (Wildman–Crippen LogP) is 3.14. The summed E-state index contributed by atoms with van der Waals surface area (Å²) in [7, 11) is 0. The van der Waals surface area contributed by atoms with E-state index in [2.05, 4.69) is 34.5 Å². The Morgan fingerprint density at radius 1 is 0.913 bits per heavy atom. The van der Waals surface area contributed by atoms with Crippen LogP contribution in [0.25, 0.3) is 0 Å². The van der Waals surface area contributed by atoms with E-state index in [1.807, 2.05) is 30.3 Å². The van der Waals surface area contributed by atoms with Gasteiger partial charge in [-0.1, -0.05) is 54.6 Å². The molecule has 1 saturated heterocycles. The maximum atomic E-state index is 12.0. The Hall–Kier alpha value is -2.13. The SMILES string of the molecule is O=C(Cc1ccccc1)NCc1cccc(CN2CCCC2)c1. The second kappa shape index (κ2) is 7.93. The highest BCUT2D eigenvalue weighted by molar-refractivity contribution is 5.78. The number of carbonyl (C=O) groups is 1. The van der Waals surface area contributed by atoms with Crippen molar-refractivity contribution in [1.82, 2.24) is 10.2 Å². The van der Waals surface area contributed by atoms with E-state index in [1.165, 1.54) is 37.1 Å². The Balaban J connectivity index is 1.50. The summed E-state index contributed by atoms with van der Waals surface area (Å²) in [4.78, 5) is 14.5. The van der Waals surface area contributed by atoms with Crippen LogP contribution in [-0.4, -0.2) is 23.9 Å². The number of likely N-dealkylation sites (tertiary alicyclic amines) is 1. The van der Waals surface area contributed by atoms with Crippen molar-refractivity contribution in [3.63, 3.8) is 0 Å². The summed E-state index contributed by atoms with van der Waals surface area (Å²) in [5.74, 6) is 0.0705. The quantitative estimate of drug-likeness (QED) is 0.889. The minimum atomic E-state index is 0.0705. The molecule has 1 fully saturated rings. The molecule has 0 atom stereocenters. The third kappa shape index (κ3) is 4.93. The van der Waals surface area contributed by atoms with Crippen LogP contribution >= 0.6 is 0 Å². The highest BCUT2D eigenvalue weighted by atomic mass is 16.1. The van der Waals surface area contributed by atoms with E-state index in [4.69, 9.17) is 0 Å². The van der Waals surface area contributed by atoms with Crippen molar-refractivity contribution in [1.29, 1.82) is 0 Å². The van der Waals surface area contributed by atoms with Gasteiger partial charge in [0.05, 0.1) is 6.42 Å². The van der Waals surface area contributed by atoms with Crippen LogP contribution in [0.4, 0.5) is 0 Å². The molecule has 2 aromatic carbocycles. The topological polar surface area (TPSA) is 32.3 Å². The summed E-state index contributed by atoms with van der Waals surface area (Å²) >= 11 is 0. The van der Waals surface area contributed by atoms with Crippen LogP contribution in [-0.2, 0) is 24.3 Å². The predicted molar refractivity (Wildman–Crippen MR) is 92.9 cm³/mol. The Bertz CT molecular complexity index is 633. The summed E-state index contributed by atoms with van der Waals surface area (Å²) in [6, 6.07) is 18.4. The standard InChI is InChI=1S/C20H24N2O/c23-20(14-17-7-2-1-3-8-17)21-15-18-9-6-10-19(13-18)16-22-11-4-5-12-22/h1-3,6-10,13H,4-5,11-12,14-16H2,(H,21,23). The van der Waals surface area contributed by atoms with E-state index in [9.17, 15) is 4.79 Å². The number of hydrogen-bond acceptors (Lipinski definition) is 2. The van der Waals surface area contributed by atoms with Crippen molar-refractivity contribution in [2.75, 3.05) is 13.1 Å². The molecule has 3 nitrogen and oxygen atoms in total. The second-order valence-electron chi connectivity index (χ2n) is 6.24. The Kier molecular flexibility index (Phi) is 5.43. The molecule has 0 bridgehead atoms. The molecule has 1 amide bonds. The maximum Gasteiger partial charge on any atom is 0.224 e. The average Bonchev–Trinajstić information content (AvgIpc) is 3.07. The summed E-state index contributed by atoms with van der Waals surface area (Å²) in [6.45, 7) is 4.03. The molecule has 0 radical (unpaired) electrons. The number of benzene rings is 2. The molecule has 2 aromatic rings. The molecule has 1 aliphatic rings. The first-order chi connectivity index (χ1) is 11.3. The van der Waals surface area contributed by atoms with E-state index in [-0.39, 0.29) is 5.91 Å². The number of hydrogen-bond donors (Lipinski definition) is 1. The van der Waals surface area contributed by atoms with Gasteiger partial charge in [0.15, 0.2) is 0 Å². The molecule has 1 heterocycles. The zero-order valence-electron chi connectivity index (χ0n) is 13.5. The third-order valence-corrected chi connectivity index (χ3v) is 4.29. The van der Waals surface area contributed by atoms with Gasteiger partial charge in [0.25, 0.3) is 0 Å². The molecule has 3 rings (SSSR count). The molecule has 0 saturated carbocycles. The van der Waals surface area contributed by atoms with Crippen LogP contribution in [0.15, 0.2) is 54.6 Å². The fourth-order valence-electron chi connectivity index (χ4n) is 3.08. The average molecular weight is 308 g/mol. The van der Waals surface area contributed by atoms with E-state index in [0.29, 0.717) is 13.0 Å². The van der Waals surface area contributed by atoms with Gasteiger partial charge < -0.3 is 5.32 Å². The van der Waals surface area contributed by atoms with Crippen molar-refractivity contribution in [3.8, 4) is 0 Å². The summed E-state index contributed by atoms with van der Waals surface area (Å²) in [5.41, 5.74) is 3.55. The smallest absolute Gasteiger partial charge is 0.224 e. The molecule has 0 aromatic heterocycles. The number of rotatable bonds is 6. The van der Waals surface area contributed by atoms with Crippen molar-refractivity contribution < 1.29 is 4.79 Å². The lowest BCUT2D eigenvalue weighted by Gasteiger charge is -2.15. The van der Waals surface area contributed by atoms with Crippen molar-refractivity contribution in [3.05, 3.63) is 71.3 Å². The fraction of sp³-hybridized carbons (Fsp3) is 0.350. The Morgan fingerprint density at radius 3 is 2.39 bits per heavy atom. The van der Waals surface area contributed by atoms with Crippen molar-refractivity contribution in [2.24, 2.45) is 0 Å². The van der Waals surface area contributed by atoms with Gasteiger partial charge in [-0.2, -0.15) is 0 Å². The van der Waals surface area contributed by atoms with Crippen LogP contribution < -0.4 is 5.32 Å². The third-order valence-electron chi connectivity index (χ3n) is 4.29. The van der Waals surface area contributed by atoms with Crippen molar-refractivity contribution in [2.45, 2.75) is 32.4 Å². The zero-order valence-corrected chi connectivity index (χ0v) is 13.5. The number of nitrogens with one attached hydrogen (secondary N) is 1. The second-order valence-corrected chi connectivity index (χ2v) is 6.24. The molecule has 23 heavy (non-hydrogen) atoms. The largest absolute Gasteiger partial charge is 0.352 e. The normalized spacial score (nSPS) is 14.8. The lowest BCUT2D eigenvalue weighted by atomic mass is 10.1. The molecule has 0 aliphatic carbocycles. The van der Waals surface area contributed by atoms with Crippen LogP contribution in [0.5, 0.6) is 0 Å². The summed E-state index contributed by atoms with van der Waals surface area (Å²) < 4.78 is 0. The Morgan fingerprint density at radius 2 is 1.61 bits per heavy atom. The van der Waals surface area contributed by atoms with Crippen LogP contribution in [0.2, 0.25) is 0 Å². The zero-order chi connectivity index (χ0) is 15.9. The molecule has 1 N–H and O–H groups in total. The van der Waals surface area contributed by atoms with Crippen LogP contribution in [0, 0.1) is 0 Å².